The van der Waals surface area contributed by atoms with Crippen molar-refractivity contribution < 1.29 is 19.3 Å². The van der Waals surface area contributed by atoms with Gasteiger partial charge in [-0.05, 0) is 6.42 Å². The van der Waals surface area contributed by atoms with Crippen molar-refractivity contribution in [1.82, 2.24) is 0 Å². The number of hydrogen-bond donors (Lipinski definition) is 1. The van der Waals surface area contributed by atoms with Crippen molar-refractivity contribution >= 4 is 0 Å². The van der Waals surface area contributed by atoms with Gasteiger partial charge in [0, 0.05) is 12.8 Å². The number of ether oxygens (including phenoxy) is 3. The van der Waals surface area contributed by atoms with E-state index < -0.39 is 11.6 Å². The Morgan fingerprint density at radius 3 is 2.57 bits per heavy atom. The first-order valence-electron chi connectivity index (χ1n) is 5.37. The molecule has 1 N–H and O–H groups in total. The molecule has 2 saturated heterocycles. The summed E-state index contributed by atoms with van der Waals surface area (Å²) in [5.74, 6) is -2.05. The lowest BCUT2D eigenvalue weighted by Gasteiger charge is -2.45. The van der Waals surface area contributed by atoms with Gasteiger partial charge in [0.25, 0.3) is 0 Å². The van der Waals surface area contributed by atoms with Crippen molar-refractivity contribution in [3.05, 3.63) is 0 Å². The van der Waals surface area contributed by atoms with Gasteiger partial charge in [-0.3, -0.25) is 0 Å². The largest absolute Gasteiger partial charge is 0.361 e. The fourth-order valence-electron chi connectivity index (χ4n) is 1.93. The smallest absolute Gasteiger partial charge is 0.225 e. The molecule has 0 aromatic rings. The first-order valence-corrected chi connectivity index (χ1v) is 5.37. The molecule has 2 heterocycles. The second-order valence-corrected chi connectivity index (χ2v) is 3.94. The third kappa shape index (κ3) is 1.46. The molecule has 0 amide bonds. The molecule has 0 aliphatic carbocycles. The maximum Gasteiger partial charge on any atom is 0.225 e. The quantitative estimate of drug-likeness (QED) is 0.546. The van der Waals surface area contributed by atoms with Gasteiger partial charge in [-0.25, -0.2) is 0 Å². The summed E-state index contributed by atoms with van der Waals surface area (Å²) in [5.41, 5.74) is 0. The van der Waals surface area contributed by atoms with E-state index in [2.05, 4.69) is 6.92 Å². The van der Waals surface area contributed by atoms with E-state index >= 15 is 0 Å². The topological polar surface area (TPSA) is 47.9 Å². The first kappa shape index (κ1) is 10.4. The van der Waals surface area contributed by atoms with Gasteiger partial charge in [-0.2, -0.15) is 0 Å². The second kappa shape index (κ2) is 3.77. The SMILES string of the molecule is CCCCOC1(O)CCOC12CCO2. The molecule has 2 rings (SSSR count). The van der Waals surface area contributed by atoms with Gasteiger partial charge in [0.1, 0.15) is 0 Å². The van der Waals surface area contributed by atoms with E-state index in [1.165, 1.54) is 0 Å². The van der Waals surface area contributed by atoms with Crippen molar-refractivity contribution in [2.75, 3.05) is 19.8 Å². The van der Waals surface area contributed by atoms with E-state index in [9.17, 15) is 5.11 Å². The van der Waals surface area contributed by atoms with Crippen LogP contribution in [-0.4, -0.2) is 36.5 Å². The average molecular weight is 202 g/mol. The van der Waals surface area contributed by atoms with Crippen LogP contribution in [0.25, 0.3) is 0 Å². The molecule has 4 heteroatoms. The Hall–Kier alpha value is -0.160. The Morgan fingerprint density at radius 2 is 2.00 bits per heavy atom. The van der Waals surface area contributed by atoms with Crippen LogP contribution in [-0.2, 0) is 14.2 Å². The highest BCUT2D eigenvalue weighted by atomic mass is 16.8. The minimum atomic E-state index is -1.21. The van der Waals surface area contributed by atoms with E-state index in [4.69, 9.17) is 14.2 Å². The summed E-state index contributed by atoms with van der Waals surface area (Å²) in [7, 11) is 0. The van der Waals surface area contributed by atoms with Gasteiger partial charge in [-0.15, -0.1) is 0 Å². The minimum absolute atomic E-state index is 0.511. The monoisotopic (exact) mass is 202 g/mol. The van der Waals surface area contributed by atoms with Crippen LogP contribution in [0, 0.1) is 0 Å². The standard InChI is InChI=1S/C10H18O4/c1-2-3-6-12-9(11)4-7-13-10(9)5-8-14-10/h11H,2-8H2,1H3. The van der Waals surface area contributed by atoms with Gasteiger partial charge >= 0.3 is 0 Å². The van der Waals surface area contributed by atoms with Crippen LogP contribution in [0.2, 0.25) is 0 Å². The van der Waals surface area contributed by atoms with Gasteiger partial charge in [-0.1, -0.05) is 13.3 Å². The molecule has 0 aromatic heterocycles. The van der Waals surface area contributed by atoms with Gasteiger partial charge in [0.15, 0.2) is 0 Å². The van der Waals surface area contributed by atoms with Crippen LogP contribution < -0.4 is 0 Å². The van der Waals surface area contributed by atoms with Crippen molar-refractivity contribution in [1.29, 1.82) is 0 Å². The van der Waals surface area contributed by atoms with Gasteiger partial charge < -0.3 is 19.3 Å². The first-order chi connectivity index (χ1) is 6.72. The third-order valence-corrected chi connectivity index (χ3v) is 2.98. The maximum atomic E-state index is 10.2. The zero-order valence-corrected chi connectivity index (χ0v) is 8.62. The Balaban J connectivity index is 1.92. The lowest BCUT2D eigenvalue weighted by Crippen LogP contribution is -2.60. The highest BCUT2D eigenvalue weighted by Crippen LogP contribution is 2.45. The summed E-state index contributed by atoms with van der Waals surface area (Å²) in [5, 5.41) is 10.2. The molecule has 0 saturated carbocycles. The Bertz CT molecular complexity index is 202. The summed E-state index contributed by atoms with van der Waals surface area (Å²) in [6, 6.07) is 0. The highest BCUT2D eigenvalue weighted by molar-refractivity contribution is 4.97. The van der Waals surface area contributed by atoms with Crippen LogP contribution in [0.1, 0.15) is 32.6 Å². The number of unbranched alkanes of at least 4 members (excludes halogenated alkanes) is 1. The molecule has 14 heavy (non-hydrogen) atoms. The predicted octanol–water partition coefficient (Wildman–Crippen LogP) is 1.03. The normalized spacial score (nSPS) is 41.6. The molecule has 0 radical (unpaired) electrons. The van der Waals surface area contributed by atoms with Crippen LogP contribution in [0.4, 0.5) is 0 Å². The molecular formula is C10H18O4. The van der Waals surface area contributed by atoms with E-state index in [1.807, 2.05) is 0 Å². The Labute approximate surface area is 84.1 Å². The van der Waals surface area contributed by atoms with Crippen molar-refractivity contribution in [2.24, 2.45) is 0 Å². The summed E-state index contributed by atoms with van der Waals surface area (Å²) < 4.78 is 16.2. The zero-order chi connectivity index (χ0) is 10.1. The highest BCUT2D eigenvalue weighted by Gasteiger charge is 2.62. The predicted molar refractivity (Wildman–Crippen MR) is 49.7 cm³/mol. The zero-order valence-electron chi connectivity index (χ0n) is 8.62. The van der Waals surface area contributed by atoms with Crippen molar-refractivity contribution in [3.63, 3.8) is 0 Å². The Morgan fingerprint density at radius 1 is 1.29 bits per heavy atom. The Kier molecular flexibility index (Phi) is 2.79. The molecule has 82 valence electrons. The summed E-state index contributed by atoms with van der Waals surface area (Å²) >= 11 is 0. The van der Waals surface area contributed by atoms with Gasteiger partial charge in [0.05, 0.1) is 19.8 Å². The number of aliphatic hydroxyl groups is 1. The van der Waals surface area contributed by atoms with E-state index in [0.717, 1.165) is 19.3 Å². The van der Waals surface area contributed by atoms with Crippen LogP contribution in [0.5, 0.6) is 0 Å². The van der Waals surface area contributed by atoms with E-state index in [0.29, 0.717) is 26.2 Å². The second-order valence-electron chi connectivity index (χ2n) is 3.94. The molecule has 2 atom stereocenters. The lowest BCUT2D eigenvalue weighted by molar-refractivity contribution is -0.406. The maximum absolute atomic E-state index is 10.2. The molecule has 4 nitrogen and oxygen atoms in total. The number of hydrogen-bond acceptors (Lipinski definition) is 4. The summed E-state index contributed by atoms with van der Waals surface area (Å²) in [6.45, 7) is 3.83. The molecule has 2 aliphatic heterocycles. The fourth-order valence-corrected chi connectivity index (χ4v) is 1.93. The van der Waals surface area contributed by atoms with Crippen LogP contribution in [0.3, 0.4) is 0 Å². The third-order valence-electron chi connectivity index (χ3n) is 2.98. The molecular weight excluding hydrogens is 184 g/mol. The summed E-state index contributed by atoms with van der Waals surface area (Å²) in [4.78, 5) is 0. The summed E-state index contributed by atoms with van der Waals surface area (Å²) in [6.07, 6.45) is 3.26. The average Bonchev–Trinajstić information content (AvgIpc) is 2.43. The van der Waals surface area contributed by atoms with Crippen LogP contribution >= 0.6 is 0 Å². The lowest BCUT2D eigenvalue weighted by atomic mass is 9.98. The van der Waals surface area contributed by atoms with Gasteiger partial charge in [0.2, 0.25) is 11.6 Å². The molecule has 2 fully saturated rings. The molecule has 0 aromatic carbocycles. The molecule has 2 aliphatic rings. The molecule has 1 spiro atoms. The molecule has 2 unspecified atom stereocenters. The van der Waals surface area contributed by atoms with Crippen LogP contribution in [0.15, 0.2) is 0 Å². The van der Waals surface area contributed by atoms with Crippen molar-refractivity contribution in [3.8, 4) is 0 Å². The fraction of sp³-hybridized carbons (Fsp3) is 1.00. The molecule has 0 bridgehead atoms. The van der Waals surface area contributed by atoms with E-state index in [-0.39, 0.29) is 0 Å². The minimum Gasteiger partial charge on any atom is -0.361 e. The van der Waals surface area contributed by atoms with Crippen molar-refractivity contribution in [2.45, 2.75) is 44.2 Å². The van der Waals surface area contributed by atoms with E-state index in [1.54, 1.807) is 0 Å². The number of rotatable bonds is 4.